The minimum absolute atomic E-state index is 0.152. The molecule has 0 spiro atoms. The van der Waals surface area contributed by atoms with Crippen LogP contribution in [0.5, 0.6) is 0 Å². The van der Waals surface area contributed by atoms with Crippen molar-refractivity contribution in [2.24, 2.45) is 10.7 Å². The van der Waals surface area contributed by atoms with Crippen LogP contribution in [-0.4, -0.2) is 40.1 Å². The number of sulfonamides is 1. The van der Waals surface area contributed by atoms with E-state index < -0.39 is 45.5 Å². The molecule has 2 heterocycles. The van der Waals surface area contributed by atoms with Gasteiger partial charge in [0.05, 0.1) is 23.1 Å². The summed E-state index contributed by atoms with van der Waals surface area (Å²) >= 11 is 0. The number of aliphatic imine (C=N–C) groups is 1. The quantitative estimate of drug-likeness (QED) is 0.201. The summed E-state index contributed by atoms with van der Waals surface area (Å²) in [5.74, 6) is -0.379. The summed E-state index contributed by atoms with van der Waals surface area (Å²) in [5, 5.41) is 7.43. The molecule has 0 aliphatic carbocycles. The number of carbonyl (C=O) groups excluding carboxylic acids is 1. The second-order valence-corrected chi connectivity index (χ2v) is 10.2. The van der Waals surface area contributed by atoms with Gasteiger partial charge in [-0.3, -0.25) is 0 Å². The van der Waals surface area contributed by atoms with Gasteiger partial charge in [0.25, 0.3) is 0 Å². The molecule has 0 saturated carbocycles. The summed E-state index contributed by atoms with van der Waals surface area (Å²) < 4.78 is 82.8. The van der Waals surface area contributed by atoms with Gasteiger partial charge in [0, 0.05) is 30.5 Å². The predicted molar refractivity (Wildman–Crippen MR) is 138 cm³/mol. The maximum atomic E-state index is 13.9. The molecule has 2 aromatic carbocycles. The molecule has 39 heavy (non-hydrogen) atoms. The number of fused-ring (bicyclic) bond motifs is 1. The van der Waals surface area contributed by atoms with Crippen LogP contribution in [0.1, 0.15) is 17.3 Å². The van der Waals surface area contributed by atoms with Crippen molar-refractivity contribution in [3.8, 4) is 0 Å². The van der Waals surface area contributed by atoms with Crippen molar-refractivity contribution in [1.29, 1.82) is 0 Å². The van der Waals surface area contributed by atoms with E-state index in [9.17, 15) is 30.8 Å². The largest absolute Gasteiger partial charge is 0.423 e. The Morgan fingerprint density at radius 2 is 1.82 bits per heavy atom. The highest BCUT2D eigenvalue weighted by Gasteiger charge is 2.31. The molecule has 3 aromatic rings. The average Bonchev–Trinajstić information content (AvgIpc) is 3.27. The molecule has 1 aliphatic heterocycles. The van der Waals surface area contributed by atoms with Gasteiger partial charge in [0.15, 0.2) is 5.88 Å². The van der Waals surface area contributed by atoms with Crippen molar-refractivity contribution in [3.63, 3.8) is 0 Å². The van der Waals surface area contributed by atoms with Crippen LogP contribution in [-0.2, 0) is 16.2 Å². The maximum Gasteiger partial charge on any atom is 0.416 e. The van der Waals surface area contributed by atoms with Gasteiger partial charge in [0.2, 0.25) is 15.9 Å². The van der Waals surface area contributed by atoms with E-state index in [1.165, 1.54) is 18.5 Å². The summed E-state index contributed by atoms with van der Waals surface area (Å²) in [6.45, 7) is 0.420. The van der Waals surface area contributed by atoms with E-state index in [0.717, 1.165) is 6.26 Å². The molecule has 6 N–H and O–H groups in total. The number of furan rings is 1. The number of rotatable bonds is 8. The van der Waals surface area contributed by atoms with E-state index in [2.05, 4.69) is 25.7 Å². The van der Waals surface area contributed by atoms with Gasteiger partial charge in [-0.15, -0.1) is 0 Å². The third-order valence-corrected chi connectivity index (χ3v) is 6.14. The van der Waals surface area contributed by atoms with Crippen molar-refractivity contribution < 1.29 is 35.2 Å². The molecule has 1 aromatic heterocycles. The van der Waals surface area contributed by atoms with E-state index in [1.807, 2.05) is 0 Å². The van der Waals surface area contributed by atoms with Gasteiger partial charge in [-0.2, -0.15) is 13.2 Å². The molecule has 16 heteroatoms. The van der Waals surface area contributed by atoms with E-state index in [1.54, 1.807) is 23.1 Å². The van der Waals surface area contributed by atoms with E-state index in [4.69, 9.17) is 10.2 Å². The number of alkyl halides is 3. The Morgan fingerprint density at radius 3 is 2.49 bits per heavy atom. The number of nitrogens with one attached hydrogen (secondary N) is 4. The number of carbonyl (C=O) groups is 1. The van der Waals surface area contributed by atoms with E-state index >= 15 is 0 Å². The SMILES string of the molecule is CS(=O)(=O)NCCNc1cc2c(o1)N=CN(c1ccc(NC(=O)Nc3cc(C(F)(F)F)ccc3F)cc1)C2N. The fourth-order valence-corrected chi connectivity index (χ4v) is 4.05. The van der Waals surface area contributed by atoms with Crippen molar-refractivity contribution in [2.75, 3.05) is 40.2 Å². The third-order valence-electron chi connectivity index (χ3n) is 5.41. The molecule has 0 saturated heterocycles. The normalized spacial score (nSPS) is 15.1. The molecule has 1 aliphatic rings. The molecule has 4 rings (SSSR count). The standard InChI is InChI=1S/C23H23F4N7O4S/c1-39(36,37)31-9-8-29-19-11-16-20(28)34(12-30-21(16)38-19)15-5-3-14(4-6-15)32-22(35)33-18-10-13(23(25,26)27)2-7-17(18)24/h2-7,10-12,20,29,31H,8-9,28H2,1H3,(H2,32,33,35). The van der Waals surface area contributed by atoms with Crippen LogP contribution in [0.25, 0.3) is 0 Å². The smallest absolute Gasteiger partial charge is 0.416 e. The molecule has 208 valence electrons. The molecule has 0 bridgehead atoms. The average molecular weight is 570 g/mol. The summed E-state index contributed by atoms with van der Waals surface area (Å²) in [6.07, 6.45) is -2.86. The lowest BCUT2D eigenvalue weighted by atomic mass is 10.1. The highest BCUT2D eigenvalue weighted by Crippen LogP contribution is 2.37. The Bertz CT molecular complexity index is 1490. The fourth-order valence-electron chi connectivity index (χ4n) is 3.58. The maximum absolute atomic E-state index is 13.9. The van der Waals surface area contributed by atoms with Crippen LogP contribution in [0, 0.1) is 5.82 Å². The Balaban J connectivity index is 1.37. The van der Waals surface area contributed by atoms with E-state index in [-0.39, 0.29) is 24.7 Å². The Kier molecular flexibility index (Phi) is 7.80. The summed E-state index contributed by atoms with van der Waals surface area (Å²) in [5.41, 5.74) is 6.10. The van der Waals surface area contributed by atoms with Crippen molar-refractivity contribution in [3.05, 3.63) is 65.5 Å². The topological polar surface area (TPSA) is 154 Å². The Morgan fingerprint density at radius 1 is 1.10 bits per heavy atom. The van der Waals surface area contributed by atoms with Crippen molar-refractivity contribution in [2.45, 2.75) is 12.3 Å². The number of nitrogens with two attached hydrogens (primary N) is 1. The van der Waals surface area contributed by atoms with Gasteiger partial charge in [-0.1, -0.05) is 0 Å². The van der Waals surface area contributed by atoms with Crippen LogP contribution in [0.15, 0.2) is 57.9 Å². The number of benzene rings is 2. The summed E-state index contributed by atoms with van der Waals surface area (Å²) in [6, 6.07) is 8.69. The second kappa shape index (κ2) is 10.9. The number of hydrogen-bond donors (Lipinski definition) is 5. The zero-order chi connectivity index (χ0) is 28.4. The fraction of sp³-hybridized carbons (Fsp3) is 0.217. The number of anilines is 4. The van der Waals surface area contributed by atoms with Crippen LogP contribution < -0.4 is 31.3 Å². The first-order valence-electron chi connectivity index (χ1n) is 11.3. The lowest BCUT2D eigenvalue weighted by Gasteiger charge is -2.28. The number of nitrogens with zero attached hydrogens (tertiary/aromatic N) is 2. The first kappa shape index (κ1) is 27.9. The zero-order valence-electron chi connectivity index (χ0n) is 20.2. The third kappa shape index (κ3) is 7.04. The molecule has 2 amide bonds. The molecule has 1 atom stereocenters. The highest BCUT2D eigenvalue weighted by atomic mass is 32.2. The van der Waals surface area contributed by atoms with Crippen LogP contribution in [0.4, 0.5) is 51.2 Å². The minimum Gasteiger partial charge on any atom is -0.423 e. The molecule has 11 nitrogen and oxygen atoms in total. The monoisotopic (exact) mass is 569 g/mol. The minimum atomic E-state index is -4.69. The molecular weight excluding hydrogens is 546 g/mol. The number of urea groups is 1. The second-order valence-electron chi connectivity index (χ2n) is 8.38. The molecule has 0 fully saturated rings. The molecular formula is C23H23F4N7O4S. The van der Waals surface area contributed by atoms with Crippen molar-refractivity contribution in [1.82, 2.24) is 4.72 Å². The Hall–Kier alpha value is -4.15. The van der Waals surface area contributed by atoms with Crippen LogP contribution in [0.3, 0.4) is 0 Å². The van der Waals surface area contributed by atoms with Crippen LogP contribution >= 0.6 is 0 Å². The van der Waals surface area contributed by atoms with E-state index in [0.29, 0.717) is 35.3 Å². The molecule has 0 radical (unpaired) electrons. The molecule has 1 unspecified atom stereocenters. The number of amides is 2. The lowest BCUT2D eigenvalue weighted by molar-refractivity contribution is -0.137. The Labute approximate surface area is 220 Å². The highest BCUT2D eigenvalue weighted by molar-refractivity contribution is 7.88. The van der Waals surface area contributed by atoms with Crippen LogP contribution in [0.2, 0.25) is 0 Å². The number of hydrogen-bond acceptors (Lipinski definition) is 8. The first-order valence-corrected chi connectivity index (χ1v) is 13.1. The van der Waals surface area contributed by atoms with Gasteiger partial charge in [-0.25, -0.2) is 27.3 Å². The summed E-state index contributed by atoms with van der Waals surface area (Å²) in [4.78, 5) is 18.1. The van der Waals surface area contributed by atoms with Gasteiger partial charge < -0.3 is 31.0 Å². The van der Waals surface area contributed by atoms with Gasteiger partial charge >= 0.3 is 12.2 Å². The lowest BCUT2D eigenvalue weighted by Crippen LogP contribution is -2.35. The first-order chi connectivity index (χ1) is 18.3. The number of halogens is 4. The summed E-state index contributed by atoms with van der Waals surface area (Å²) in [7, 11) is -3.31. The van der Waals surface area contributed by atoms with Crippen molar-refractivity contribution >= 4 is 51.2 Å². The van der Waals surface area contributed by atoms with Gasteiger partial charge in [-0.05, 0) is 42.5 Å². The predicted octanol–water partition coefficient (Wildman–Crippen LogP) is 4.18. The zero-order valence-corrected chi connectivity index (χ0v) is 21.0. The van der Waals surface area contributed by atoms with Gasteiger partial charge in [0.1, 0.15) is 18.3 Å².